The maximum Gasteiger partial charge on any atom is 0.323 e. The maximum atomic E-state index is 12.7. The Hall–Kier alpha value is -1.63. The van der Waals surface area contributed by atoms with E-state index >= 15 is 0 Å². The van der Waals surface area contributed by atoms with Gasteiger partial charge >= 0.3 is 6.03 Å². The molecule has 0 aliphatic rings. The van der Waals surface area contributed by atoms with Crippen LogP contribution in [0, 0.1) is 9.39 Å². The summed E-state index contributed by atoms with van der Waals surface area (Å²) in [5.41, 5.74) is 1.25. The van der Waals surface area contributed by atoms with Crippen molar-refractivity contribution in [2.45, 2.75) is 0 Å². The zero-order valence-corrected chi connectivity index (χ0v) is 11.4. The van der Waals surface area contributed by atoms with E-state index in [1.54, 1.807) is 6.07 Å². The van der Waals surface area contributed by atoms with Gasteiger partial charge in [0.1, 0.15) is 5.82 Å². The highest BCUT2D eigenvalue weighted by molar-refractivity contribution is 14.1. The molecule has 5 heteroatoms. The van der Waals surface area contributed by atoms with Crippen molar-refractivity contribution in [1.29, 1.82) is 0 Å². The first-order chi connectivity index (χ1) is 8.63. The van der Waals surface area contributed by atoms with Gasteiger partial charge in [-0.1, -0.05) is 6.07 Å². The number of hydrogen-bond donors (Lipinski definition) is 2. The molecule has 0 radical (unpaired) electrons. The van der Waals surface area contributed by atoms with E-state index in [4.69, 9.17) is 0 Å². The number of amides is 2. The lowest BCUT2D eigenvalue weighted by molar-refractivity contribution is 0.262. The quantitative estimate of drug-likeness (QED) is 0.783. The number of rotatable bonds is 2. The van der Waals surface area contributed by atoms with E-state index in [0.717, 1.165) is 3.57 Å². The summed E-state index contributed by atoms with van der Waals surface area (Å²) in [5, 5.41) is 5.32. The van der Waals surface area contributed by atoms with Crippen molar-refractivity contribution in [3.63, 3.8) is 0 Å². The minimum Gasteiger partial charge on any atom is -0.308 e. The van der Waals surface area contributed by atoms with E-state index in [9.17, 15) is 9.18 Å². The fraction of sp³-hybridized carbons (Fsp3) is 0. The summed E-state index contributed by atoms with van der Waals surface area (Å²) in [6.07, 6.45) is 0. The third kappa shape index (κ3) is 3.69. The molecule has 2 rings (SSSR count). The molecule has 2 N–H and O–H groups in total. The van der Waals surface area contributed by atoms with Gasteiger partial charge in [0, 0.05) is 14.9 Å². The normalized spacial score (nSPS) is 9.89. The van der Waals surface area contributed by atoms with Crippen LogP contribution in [0.3, 0.4) is 0 Å². The highest BCUT2D eigenvalue weighted by atomic mass is 127. The Morgan fingerprint density at radius 2 is 1.67 bits per heavy atom. The first kappa shape index (κ1) is 12.8. The van der Waals surface area contributed by atoms with Gasteiger partial charge in [-0.2, -0.15) is 0 Å². The summed E-state index contributed by atoms with van der Waals surface area (Å²) >= 11 is 2.17. The lowest BCUT2D eigenvalue weighted by Crippen LogP contribution is -2.19. The van der Waals surface area contributed by atoms with Crippen LogP contribution in [-0.2, 0) is 0 Å². The molecule has 0 bridgehead atoms. The van der Waals surface area contributed by atoms with E-state index in [1.165, 1.54) is 24.3 Å². The third-order valence-corrected chi connectivity index (χ3v) is 2.86. The van der Waals surface area contributed by atoms with Crippen molar-refractivity contribution in [2.24, 2.45) is 0 Å². The molecule has 92 valence electrons. The van der Waals surface area contributed by atoms with Crippen LogP contribution in [0.15, 0.2) is 48.5 Å². The molecule has 0 aliphatic heterocycles. The van der Waals surface area contributed by atoms with Gasteiger partial charge in [0.05, 0.1) is 0 Å². The number of hydrogen-bond acceptors (Lipinski definition) is 1. The number of halogens is 2. The summed E-state index contributed by atoms with van der Waals surface area (Å²) in [6, 6.07) is 12.7. The summed E-state index contributed by atoms with van der Waals surface area (Å²) in [6.45, 7) is 0. The fourth-order valence-corrected chi connectivity index (χ4v) is 1.94. The molecule has 0 atom stereocenters. The maximum absolute atomic E-state index is 12.7. The molecule has 0 saturated carbocycles. The predicted octanol–water partition coefficient (Wildman–Crippen LogP) is 4.07. The minimum atomic E-state index is -0.358. The molecule has 0 unspecified atom stereocenters. The molecular weight excluding hydrogens is 346 g/mol. The molecule has 3 nitrogen and oxygen atoms in total. The molecule has 0 saturated heterocycles. The Labute approximate surface area is 118 Å². The number of nitrogens with one attached hydrogen (secondary N) is 2. The van der Waals surface area contributed by atoms with Gasteiger partial charge in [0.2, 0.25) is 0 Å². The lowest BCUT2D eigenvalue weighted by atomic mass is 10.3. The Balaban J connectivity index is 1.98. The number of carbonyl (C=O) groups is 1. The van der Waals surface area contributed by atoms with Gasteiger partial charge in [-0.05, 0) is 65.1 Å². The largest absolute Gasteiger partial charge is 0.323 e. The van der Waals surface area contributed by atoms with Gasteiger partial charge in [-0.25, -0.2) is 9.18 Å². The van der Waals surface area contributed by atoms with Crippen LogP contribution in [0.5, 0.6) is 0 Å². The van der Waals surface area contributed by atoms with Crippen molar-refractivity contribution in [2.75, 3.05) is 10.6 Å². The minimum absolute atomic E-state index is 0.335. The van der Waals surface area contributed by atoms with E-state index in [2.05, 4.69) is 33.2 Å². The average Bonchev–Trinajstić information content (AvgIpc) is 2.32. The van der Waals surface area contributed by atoms with Gasteiger partial charge in [-0.15, -0.1) is 0 Å². The van der Waals surface area contributed by atoms with Gasteiger partial charge in [0.15, 0.2) is 0 Å². The van der Waals surface area contributed by atoms with Crippen LogP contribution in [0.25, 0.3) is 0 Å². The second-order valence-corrected chi connectivity index (χ2v) is 4.84. The monoisotopic (exact) mass is 356 g/mol. The second-order valence-electron chi connectivity index (χ2n) is 3.60. The molecule has 0 heterocycles. The number of carbonyl (C=O) groups excluding carboxylic acids is 1. The van der Waals surface area contributed by atoms with E-state index in [-0.39, 0.29) is 11.8 Å². The third-order valence-electron chi connectivity index (χ3n) is 2.18. The van der Waals surface area contributed by atoms with Crippen molar-refractivity contribution in [1.82, 2.24) is 0 Å². The van der Waals surface area contributed by atoms with Gasteiger partial charge in [-0.3, -0.25) is 0 Å². The standard InChI is InChI=1S/C13H10FIN2O/c14-9-4-6-11(7-5-9)16-13(18)17-12-3-1-2-10(15)8-12/h1-8H,(H2,16,17,18). The summed E-state index contributed by atoms with van der Waals surface area (Å²) in [5.74, 6) is -0.335. The molecular formula is C13H10FIN2O. The first-order valence-corrected chi connectivity index (χ1v) is 6.30. The summed E-state index contributed by atoms with van der Waals surface area (Å²) in [7, 11) is 0. The van der Waals surface area contributed by atoms with E-state index in [1.807, 2.05) is 18.2 Å². The van der Waals surface area contributed by atoms with Crippen LogP contribution < -0.4 is 10.6 Å². The van der Waals surface area contributed by atoms with Crippen LogP contribution in [0.2, 0.25) is 0 Å². The molecule has 0 fully saturated rings. The topological polar surface area (TPSA) is 41.1 Å². The fourth-order valence-electron chi connectivity index (χ4n) is 1.39. The second kappa shape index (κ2) is 5.81. The van der Waals surface area contributed by atoms with Crippen LogP contribution in [0.1, 0.15) is 0 Å². The molecule has 2 aromatic rings. The van der Waals surface area contributed by atoms with Crippen LogP contribution >= 0.6 is 22.6 Å². The number of anilines is 2. The SMILES string of the molecule is O=C(Nc1ccc(F)cc1)Nc1cccc(I)c1. The Kier molecular flexibility index (Phi) is 4.14. The Bertz CT molecular complexity index is 557. The number of urea groups is 1. The first-order valence-electron chi connectivity index (χ1n) is 5.22. The summed E-state index contributed by atoms with van der Waals surface area (Å²) in [4.78, 5) is 11.7. The highest BCUT2D eigenvalue weighted by Gasteiger charge is 2.02. The molecule has 0 aliphatic carbocycles. The van der Waals surface area contributed by atoms with Crippen molar-refractivity contribution < 1.29 is 9.18 Å². The zero-order valence-electron chi connectivity index (χ0n) is 9.28. The lowest BCUT2D eigenvalue weighted by Gasteiger charge is -2.07. The van der Waals surface area contributed by atoms with Crippen molar-refractivity contribution in [3.05, 3.63) is 57.9 Å². The van der Waals surface area contributed by atoms with Gasteiger partial charge < -0.3 is 10.6 Å². The van der Waals surface area contributed by atoms with E-state index in [0.29, 0.717) is 11.4 Å². The summed E-state index contributed by atoms with van der Waals surface area (Å²) < 4.78 is 13.7. The van der Waals surface area contributed by atoms with Crippen LogP contribution in [-0.4, -0.2) is 6.03 Å². The zero-order chi connectivity index (χ0) is 13.0. The highest BCUT2D eigenvalue weighted by Crippen LogP contribution is 2.13. The van der Waals surface area contributed by atoms with Crippen molar-refractivity contribution in [3.8, 4) is 0 Å². The van der Waals surface area contributed by atoms with Gasteiger partial charge in [0.25, 0.3) is 0 Å². The van der Waals surface area contributed by atoms with E-state index < -0.39 is 0 Å². The molecule has 0 spiro atoms. The average molecular weight is 356 g/mol. The Morgan fingerprint density at radius 3 is 2.33 bits per heavy atom. The molecule has 18 heavy (non-hydrogen) atoms. The molecule has 2 amide bonds. The molecule has 2 aromatic carbocycles. The smallest absolute Gasteiger partial charge is 0.308 e. The predicted molar refractivity (Wildman–Crippen MR) is 78.2 cm³/mol. The number of benzene rings is 2. The molecule has 0 aromatic heterocycles. The Morgan fingerprint density at radius 1 is 1.00 bits per heavy atom. The van der Waals surface area contributed by atoms with Crippen LogP contribution in [0.4, 0.5) is 20.6 Å². The van der Waals surface area contributed by atoms with Crippen molar-refractivity contribution >= 4 is 40.0 Å².